The Morgan fingerprint density at radius 1 is 1.08 bits per heavy atom. The molecule has 1 heterocycles. The minimum atomic E-state index is -4.34. The van der Waals surface area contributed by atoms with Crippen LogP contribution in [0, 0.1) is 0 Å². The molecule has 1 aromatic heterocycles. The fraction of sp³-hybridized carbons (Fsp3) is 0.125. The smallest absolute Gasteiger partial charge is 0.398 e. The van der Waals surface area contributed by atoms with E-state index in [0.717, 1.165) is 17.7 Å². The molecule has 0 aliphatic rings. The Labute approximate surface area is 157 Å². The van der Waals surface area contributed by atoms with Crippen molar-refractivity contribution in [2.24, 2.45) is 0 Å². The number of alkyl halides is 3. The van der Waals surface area contributed by atoms with E-state index >= 15 is 0 Å². The predicted molar refractivity (Wildman–Crippen MR) is 98.3 cm³/mol. The molecule has 4 N–H and O–H groups in total. The van der Waals surface area contributed by atoms with Crippen LogP contribution in [0.1, 0.15) is 11.1 Å². The van der Waals surface area contributed by atoms with Gasteiger partial charge < -0.3 is 11.6 Å². The lowest BCUT2D eigenvalue weighted by Gasteiger charge is -2.08. The first-order valence-corrected chi connectivity index (χ1v) is 8.77. The quantitative estimate of drug-likeness (QED) is 0.270. The van der Waals surface area contributed by atoms with Gasteiger partial charge in [-0.05, 0) is 35.9 Å². The number of anilines is 1. The molecule has 3 rings (SSSR count). The first-order valence-electron chi connectivity index (χ1n) is 7.34. The summed E-state index contributed by atoms with van der Waals surface area (Å²) < 4.78 is 39.1. The molecule has 0 aliphatic heterocycles. The van der Waals surface area contributed by atoms with E-state index in [-0.39, 0.29) is 0 Å². The number of hydrogen-bond acceptors (Lipinski definition) is 6. The zero-order valence-corrected chi connectivity index (χ0v) is 14.9. The lowest BCUT2D eigenvalue weighted by Crippen LogP contribution is -2.11. The van der Waals surface area contributed by atoms with Gasteiger partial charge in [-0.1, -0.05) is 23.9 Å². The van der Waals surface area contributed by atoms with Crippen LogP contribution in [0.2, 0.25) is 0 Å². The van der Waals surface area contributed by atoms with E-state index < -0.39 is 11.7 Å². The van der Waals surface area contributed by atoms with Gasteiger partial charge in [-0.2, -0.15) is 13.2 Å². The lowest BCUT2D eigenvalue weighted by atomic mass is 10.1. The number of rotatable bonds is 4. The van der Waals surface area contributed by atoms with E-state index in [1.807, 2.05) is 0 Å². The number of hydrogen-bond donors (Lipinski definition) is 3. The van der Waals surface area contributed by atoms with E-state index in [2.05, 4.69) is 22.8 Å². The van der Waals surface area contributed by atoms with E-state index in [4.69, 9.17) is 11.6 Å². The fourth-order valence-electron chi connectivity index (χ4n) is 2.20. The molecule has 10 heteroatoms. The zero-order valence-electron chi connectivity index (χ0n) is 13.2. The molecular weight excluding hydrogens is 383 g/mol. The third kappa shape index (κ3) is 3.91. The normalized spacial score (nSPS) is 11.7. The highest BCUT2D eigenvalue weighted by Gasteiger charge is 2.29. The summed E-state index contributed by atoms with van der Waals surface area (Å²) in [6.45, 7) is 0. The van der Waals surface area contributed by atoms with Gasteiger partial charge in [0, 0.05) is 21.9 Å². The topological polar surface area (TPSA) is 82.8 Å². The number of benzene rings is 2. The molecule has 0 unspecified atom stereocenters. The second kappa shape index (κ2) is 7.12. The maximum Gasteiger partial charge on any atom is 0.416 e. The van der Waals surface area contributed by atoms with Crippen molar-refractivity contribution >= 4 is 30.1 Å². The molecule has 0 spiro atoms. The van der Waals surface area contributed by atoms with Crippen LogP contribution in [0.3, 0.4) is 0 Å². The molecular formula is C16H14F3N5S2. The van der Waals surface area contributed by atoms with Gasteiger partial charge in [0.2, 0.25) is 5.16 Å². The van der Waals surface area contributed by atoms with Gasteiger partial charge in [-0.15, -0.1) is 22.8 Å². The molecule has 0 atom stereocenters. The highest BCUT2D eigenvalue weighted by Crippen LogP contribution is 2.31. The Kier molecular flexibility index (Phi) is 5.05. The van der Waals surface area contributed by atoms with E-state index in [1.54, 1.807) is 18.2 Å². The van der Waals surface area contributed by atoms with Crippen molar-refractivity contribution in [2.45, 2.75) is 22.0 Å². The fourth-order valence-corrected chi connectivity index (χ4v) is 3.16. The number of nitrogen functional groups attached to an aromatic ring is 2. The molecule has 0 amide bonds. The molecule has 0 fully saturated rings. The van der Waals surface area contributed by atoms with Crippen molar-refractivity contribution in [1.82, 2.24) is 14.9 Å². The first kappa shape index (κ1) is 18.5. The van der Waals surface area contributed by atoms with Crippen molar-refractivity contribution in [3.05, 3.63) is 53.6 Å². The van der Waals surface area contributed by atoms with Gasteiger partial charge in [0.05, 0.1) is 5.56 Å². The first-order chi connectivity index (χ1) is 12.3. The third-order valence-electron chi connectivity index (χ3n) is 3.60. The number of thiol groups is 1. The minimum absolute atomic E-state index is 0.408. The number of nitrogens with two attached hydrogens (primary N) is 2. The zero-order chi connectivity index (χ0) is 18.9. The second-order valence-corrected chi connectivity index (χ2v) is 6.86. The van der Waals surface area contributed by atoms with E-state index in [1.165, 1.54) is 28.6 Å². The van der Waals surface area contributed by atoms with Crippen LogP contribution < -0.4 is 11.6 Å². The molecule has 136 valence electrons. The molecule has 5 nitrogen and oxygen atoms in total. The molecule has 26 heavy (non-hydrogen) atoms. The largest absolute Gasteiger partial charge is 0.416 e. The Bertz CT molecular complexity index is 923. The van der Waals surface area contributed by atoms with Crippen LogP contribution in [0.4, 0.5) is 18.9 Å². The van der Waals surface area contributed by atoms with E-state index in [0.29, 0.717) is 32.9 Å². The standard InChI is InChI=1S/C16H14F3N5S2/c17-16(18,19)11-4-1-9(2-5-11)8-26-15-23-22-14(24(15)21)10-3-6-13(25)12(20)7-10/h1-7,25H,8,20-21H2. The Hall–Kier alpha value is -2.33. The van der Waals surface area contributed by atoms with Crippen LogP contribution in [-0.2, 0) is 11.9 Å². The summed E-state index contributed by atoms with van der Waals surface area (Å²) in [5.41, 5.74) is 7.06. The number of thioether (sulfide) groups is 1. The van der Waals surface area contributed by atoms with Gasteiger partial charge in [0.15, 0.2) is 5.82 Å². The number of nitrogens with zero attached hydrogens (tertiary/aromatic N) is 3. The van der Waals surface area contributed by atoms with Crippen molar-refractivity contribution in [1.29, 1.82) is 0 Å². The molecule has 0 saturated carbocycles. The summed E-state index contributed by atoms with van der Waals surface area (Å²) in [4.78, 5) is 0.647. The molecule has 0 saturated heterocycles. The molecule has 0 radical (unpaired) electrons. The summed E-state index contributed by atoms with van der Waals surface area (Å²) in [5, 5.41) is 8.52. The lowest BCUT2D eigenvalue weighted by molar-refractivity contribution is -0.137. The summed E-state index contributed by atoms with van der Waals surface area (Å²) in [5.74, 6) is 6.87. The molecule has 0 bridgehead atoms. The van der Waals surface area contributed by atoms with Gasteiger partial charge in [-0.3, -0.25) is 0 Å². The van der Waals surface area contributed by atoms with Crippen LogP contribution in [0.25, 0.3) is 11.4 Å². The number of halogens is 3. The summed E-state index contributed by atoms with van der Waals surface area (Å²) >= 11 is 5.49. The van der Waals surface area contributed by atoms with Crippen LogP contribution in [0.5, 0.6) is 0 Å². The van der Waals surface area contributed by atoms with Gasteiger partial charge in [0.25, 0.3) is 0 Å². The average molecular weight is 397 g/mol. The van der Waals surface area contributed by atoms with Crippen molar-refractivity contribution in [3.8, 4) is 11.4 Å². The predicted octanol–water partition coefficient (Wildman–Crippen LogP) is 3.84. The van der Waals surface area contributed by atoms with Crippen LogP contribution >= 0.6 is 24.4 Å². The van der Waals surface area contributed by atoms with Crippen molar-refractivity contribution in [2.75, 3.05) is 11.6 Å². The summed E-state index contributed by atoms with van der Waals surface area (Å²) in [6.07, 6.45) is -4.34. The average Bonchev–Trinajstić information content (AvgIpc) is 2.96. The molecule has 2 aromatic carbocycles. The van der Waals surface area contributed by atoms with Crippen molar-refractivity contribution in [3.63, 3.8) is 0 Å². The summed E-state index contributed by atoms with van der Waals surface area (Å²) in [7, 11) is 0. The maximum atomic E-state index is 12.6. The van der Waals surface area contributed by atoms with Gasteiger partial charge in [0.1, 0.15) is 0 Å². The van der Waals surface area contributed by atoms with Gasteiger partial charge >= 0.3 is 6.18 Å². The highest BCUT2D eigenvalue weighted by molar-refractivity contribution is 7.98. The van der Waals surface area contributed by atoms with Crippen molar-refractivity contribution < 1.29 is 13.2 Å². The maximum absolute atomic E-state index is 12.6. The molecule has 0 aliphatic carbocycles. The van der Waals surface area contributed by atoms with Crippen LogP contribution in [-0.4, -0.2) is 14.9 Å². The SMILES string of the molecule is Nc1cc(-c2nnc(SCc3ccc(C(F)(F)F)cc3)n2N)ccc1S. The summed E-state index contributed by atoms with van der Waals surface area (Å²) in [6, 6.07) is 10.2. The Morgan fingerprint density at radius 2 is 1.77 bits per heavy atom. The number of aromatic nitrogens is 3. The third-order valence-corrected chi connectivity index (χ3v) is 5.02. The monoisotopic (exact) mass is 397 g/mol. The van der Waals surface area contributed by atoms with Crippen LogP contribution in [0.15, 0.2) is 52.5 Å². The Morgan fingerprint density at radius 3 is 2.38 bits per heavy atom. The minimum Gasteiger partial charge on any atom is -0.398 e. The van der Waals surface area contributed by atoms with E-state index in [9.17, 15) is 13.2 Å². The molecule has 3 aromatic rings. The highest BCUT2D eigenvalue weighted by atomic mass is 32.2. The Balaban J connectivity index is 1.73. The second-order valence-electron chi connectivity index (χ2n) is 5.43. The van der Waals surface area contributed by atoms with Gasteiger partial charge in [-0.25, -0.2) is 4.68 Å².